The average Bonchev–Trinajstić information content (AvgIpc) is 3.18. The van der Waals surface area contributed by atoms with Crippen molar-refractivity contribution in [2.45, 2.75) is 24.8 Å². The lowest BCUT2D eigenvalue weighted by molar-refractivity contribution is 0.129. The molecule has 1 fully saturated rings. The summed E-state index contributed by atoms with van der Waals surface area (Å²) in [5.41, 5.74) is 1.47. The van der Waals surface area contributed by atoms with Crippen LogP contribution in [0.15, 0.2) is 17.9 Å². The first-order valence-corrected chi connectivity index (χ1v) is 10.4. The number of piperidine rings is 1. The molecule has 2 aliphatic heterocycles. The second kappa shape index (κ2) is 5.29. The minimum Gasteiger partial charge on any atom is -0.348 e. The Hall–Kier alpha value is -1.45. The number of nitrogens with zero attached hydrogens (tertiary/aromatic N) is 4. The Labute approximate surface area is 139 Å². The van der Waals surface area contributed by atoms with Crippen LogP contribution in [-0.2, 0) is 22.0 Å². The monoisotopic (exact) mass is 353 g/mol. The van der Waals surface area contributed by atoms with Crippen LogP contribution in [0.5, 0.6) is 0 Å². The van der Waals surface area contributed by atoms with E-state index in [0.29, 0.717) is 13.0 Å². The topological polar surface area (TPSA) is 82.2 Å². The number of H-pyrrole nitrogens is 1. The van der Waals surface area contributed by atoms with Crippen molar-refractivity contribution in [3.05, 3.63) is 29.3 Å². The van der Waals surface area contributed by atoms with Crippen molar-refractivity contribution >= 4 is 26.5 Å². The Kier molecular flexibility index (Phi) is 3.47. The zero-order chi connectivity index (χ0) is 16.1. The van der Waals surface area contributed by atoms with Gasteiger partial charge in [-0.05, 0) is 12.8 Å². The van der Waals surface area contributed by atoms with Crippen molar-refractivity contribution < 1.29 is 8.42 Å². The van der Waals surface area contributed by atoms with Crippen molar-refractivity contribution in [1.82, 2.24) is 19.3 Å². The molecule has 7 nitrogen and oxygen atoms in total. The maximum atomic E-state index is 12.4. The van der Waals surface area contributed by atoms with Crippen LogP contribution >= 0.6 is 11.3 Å². The second-order valence-corrected chi connectivity index (χ2v) is 8.93. The summed E-state index contributed by atoms with van der Waals surface area (Å²) in [4.78, 5) is 14.3. The summed E-state index contributed by atoms with van der Waals surface area (Å²) in [6, 6.07) is 0. The molecular weight excluding hydrogens is 334 g/mol. The van der Waals surface area contributed by atoms with E-state index in [2.05, 4.69) is 19.9 Å². The molecule has 0 amide bonds. The number of fused-ring (bicyclic) bond motifs is 2. The third kappa shape index (κ3) is 2.38. The van der Waals surface area contributed by atoms with Gasteiger partial charge in [0.15, 0.2) is 5.13 Å². The van der Waals surface area contributed by atoms with Gasteiger partial charge in [0.25, 0.3) is 0 Å². The molecule has 0 aromatic carbocycles. The molecule has 1 saturated heterocycles. The van der Waals surface area contributed by atoms with Gasteiger partial charge in [-0.25, -0.2) is 18.4 Å². The van der Waals surface area contributed by atoms with E-state index < -0.39 is 15.6 Å². The van der Waals surface area contributed by atoms with E-state index in [4.69, 9.17) is 0 Å². The Morgan fingerprint density at radius 1 is 1.26 bits per heavy atom. The zero-order valence-electron chi connectivity index (χ0n) is 12.9. The second-order valence-electron chi connectivity index (χ2n) is 6.15. The summed E-state index contributed by atoms with van der Waals surface area (Å²) in [5, 5.41) is 2.97. The number of thiazole rings is 1. The lowest BCUT2D eigenvalue weighted by Crippen LogP contribution is -2.58. The van der Waals surface area contributed by atoms with Crippen LogP contribution in [0.2, 0.25) is 0 Å². The molecule has 2 aromatic rings. The van der Waals surface area contributed by atoms with E-state index in [1.54, 1.807) is 28.2 Å². The summed E-state index contributed by atoms with van der Waals surface area (Å²) >= 11 is 1.62. The first-order valence-electron chi connectivity index (χ1n) is 7.66. The minimum atomic E-state index is -3.28. The van der Waals surface area contributed by atoms with Crippen LogP contribution in [0.4, 0.5) is 5.13 Å². The van der Waals surface area contributed by atoms with Crippen LogP contribution < -0.4 is 4.90 Å². The maximum absolute atomic E-state index is 12.4. The van der Waals surface area contributed by atoms with Gasteiger partial charge in [0.1, 0.15) is 0 Å². The highest BCUT2D eigenvalue weighted by Crippen LogP contribution is 2.44. The van der Waals surface area contributed by atoms with E-state index in [9.17, 15) is 8.42 Å². The van der Waals surface area contributed by atoms with E-state index >= 15 is 0 Å². The SMILES string of the molecule is CS(=O)(=O)N1CCc2[nH]cnc2C12CCN(c1nccs1)CC2. The highest BCUT2D eigenvalue weighted by molar-refractivity contribution is 7.88. The van der Waals surface area contributed by atoms with Gasteiger partial charge in [-0.2, -0.15) is 4.31 Å². The number of nitrogens with one attached hydrogen (secondary N) is 1. The van der Waals surface area contributed by atoms with Crippen molar-refractivity contribution in [1.29, 1.82) is 0 Å². The van der Waals surface area contributed by atoms with E-state index in [0.717, 1.165) is 42.5 Å². The molecule has 124 valence electrons. The number of rotatable bonds is 2. The first-order chi connectivity index (χ1) is 11.0. The van der Waals surface area contributed by atoms with Gasteiger partial charge in [0.05, 0.1) is 23.8 Å². The lowest BCUT2D eigenvalue weighted by atomic mass is 9.81. The molecule has 1 N–H and O–H groups in total. The van der Waals surface area contributed by atoms with Crippen molar-refractivity contribution in [3.63, 3.8) is 0 Å². The zero-order valence-corrected chi connectivity index (χ0v) is 14.5. The van der Waals surface area contributed by atoms with Gasteiger partial charge in [-0.3, -0.25) is 0 Å². The lowest BCUT2D eigenvalue weighted by Gasteiger charge is -2.49. The third-order valence-electron chi connectivity index (χ3n) is 4.88. The first kappa shape index (κ1) is 15.1. The predicted octanol–water partition coefficient (Wildman–Crippen LogP) is 1.18. The quantitative estimate of drug-likeness (QED) is 0.877. The average molecular weight is 353 g/mol. The van der Waals surface area contributed by atoms with Crippen LogP contribution in [-0.4, -0.2) is 53.6 Å². The van der Waals surface area contributed by atoms with Gasteiger partial charge >= 0.3 is 0 Å². The molecule has 9 heteroatoms. The van der Waals surface area contributed by atoms with E-state index in [-0.39, 0.29) is 0 Å². The van der Waals surface area contributed by atoms with Gasteiger partial charge in [0.2, 0.25) is 10.0 Å². The molecule has 4 heterocycles. The summed E-state index contributed by atoms with van der Waals surface area (Å²) in [7, 11) is -3.28. The van der Waals surface area contributed by atoms with Crippen LogP contribution in [0.25, 0.3) is 0 Å². The number of aromatic amines is 1. The van der Waals surface area contributed by atoms with E-state index in [1.807, 2.05) is 5.38 Å². The standard InChI is InChI=1S/C14H19N5O2S2/c1-23(20,21)19-6-2-11-12(17-10-16-11)14(19)3-7-18(8-4-14)13-15-5-9-22-13/h5,9-10H,2-4,6-8H2,1H3,(H,16,17). The van der Waals surface area contributed by atoms with Crippen molar-refractivity contribution in [2.24, 2.45) is 0 Å². The van der Waals surface area contributed by atoms with Crippen LogP contribution in [0, 0.1) is 0 Å². The largest absolute Gasteiger partial charge is 0.348 e. The van der Waals surface area contributed by atoms with Crippen molar-refractivity contribution in [2.75, 3.05) is 30.8 Å². The molecule has 23 heavy (non-hydrogen) atoms. The molecule has 2 aliphatic rings. The molecular formula is C14H19N5O2S2. The summed E-state index contributed by atoms with van der Waals surface area (Å²) in [6.07, 6.45) is 6.96. The van der Waals surface area contributed by atoms with Crippen LogP contribution in [0.3, 0.4) is 0 Å². The fourth-order valence-corrected chi connectivity index (χ4v) is 5.89. The normalized spacial score (nSPS) is 21.5. The number of sulfonamides is 1. The molecule has 0 saturated carbocycles. The number of hydrogen-bond donors (Lipinski definition) is 1. The van der Waals surface area contributed by atoms with Gasteiger partial charge in [-0.15, -0.1) is 11.3 Å². The summed E-state index contributed by atoms with van der Waals surface area (Å²) in [6.45, 7) is 2.09. The molecule has 4 rings (SSSR count). The van der Waals surface area contributed by atoms with Crippen LogP contribution in [0.1, 0.15) is 24.2 Å². The molecule has 0 bridgehead atoms. The summed E-state index contributed by atoms with van der Waals surface area (Å²) in [5.74, 6) is 0. The highest BCUT2D eigenvalue weighted by Gasteiger charge is 2.50. The van der Waals surface area contributed by atoms with Gasteiger partial charge in [-0.1, -0.05) is 0 Å². The number of imidazole rings is 1. The van der Waals surface area contributed by atoms with Crippen molar-refractivity contribution in [3.8, 4) is 0 Å². The smallest absolute Gasteiger partial charge is 0.212 e. The Morgan fingerprint density at radius 3 is 2.70 bits per heavy atom. The molecule has 2 aromatic heterocycles. The molecule has 0 radical (unpaired) electrons. The predicted molar refractivity (Wildman–Crippen MR) is 89.1 cm³/mol. The Bertz CT molecular complexity index is 791. The molecule has 0 atom stereocenters. The summed E-state index contributed by atoms with van der Waals surface area (Å²) < 4.78 is 26.4. The Balaban J connectivity index is 1.70. The number of anilines is 1. The van der Waals surface area contributed by atoms with E-state index in [1.165, 1.54) is 6.26 Å². The fraction of sp³-hybridized carbons (Fsp3) is 0.571. The highest BCUT2D eigenvalue weighted by atomic mass is 32.2. The number of aromatic nitrogens is 3. The fourth-order valence-electron chi connectivity index (χ4n) is 3.87. The molecule has 1 spiro atoms. The number of hydrogen-bond acceptors (Lipinski definition) is 6. The molecule has 0 aliphatic carbocycles. The van der Waals surface area contributed by atoms with Gasteiger partial charge < -0.3 is 9.88 Å². The minimum absolute atomic E-state index is 0.519. The molecule has 0 unspecified atom stereocenters. The van der Waals surface area contributed by atoms with Gasteiger partial charge in [0, 0.05) is 43.3 Å². The Morgan fingerprint density at radius 2 is 2.04 bits per heavy atom. The maximum Gasteiger partial charge on any atom is 0.212 e. The third-order valence-corrected chi connectivity index (χ3v) is 7.05.